The molecule has 9 nitrogen and oxygen atoms in total. The lowest BCUT2D eigenvalue weighted by atomic mass is 10.1. The van der Waals surface area contributed by atoms with Gasteiger partial charge in [0, 0.05) is 4.88 Å². The third-order valence-corrected chi connectivity index (χ3v) is 5.12. The number of hydrogen-bond donors (Lipinski definition) is 2. The van der Waals surface area contributed by atoms with Gasteiger partial charge in [-0.3, -0.25) is 4.79 Å². The summed E-state index contributed by atoms with van der Waals surface area (Å²) in [6.45, 7) is 2.30. The zero-order chi connectivity index (χ0) is 19.7. The second-order valence-corrected chi connectivity index (χ2v) is 6.79. The minimum atomic E-state index is -0.388. The Labute approximate surface area is 162 Å². The van der Waals surface area contributed by atoms with Crippen molar-refractivity contribution in [3.05, 3.63) is 45.6 Å². The number of H-pyrrole nitrogens is 2. The van der Waals surface area contributed by atoms with E-state index < -0.39 is 0 Å². The number of nitrogens with one attached hydrogen (secondary N) is 2. The molecule has 0 atom stereocenters. The normalized spacial score (nSPS) is 10.9. The molecule has 28 heavy (non-hydrogen) atoms. The van der Waals surface area contributed by atoms with Crippen LogP contribution in [0, 0.1) is 0 Å². The van der Waals surface area contributed by atoms with Gasteiger partial charge in [-0.25, -0.2) is 9.78 Å². The van der Waals surface area contributed by atoms with Crippen molar-refractivity contribution < 1.29 is 14.3 Å². The van der Waals surface area contributed by atoms with Crippen molar-refractivity contribution in [2.75, 3.05) is 13.7 Å². The molecule has 4 aromatic rings. The molecule has 0 aliphatic heterocycles. The van der Waals surface area contributed by atoms with Crippen LogP contribution in [0.3, 0.4) is 0 Å². The Morgan fingerprint density at radius 1 is 1.21 bits per heavy atom. The topological polar surface area (TPSA) is 123 Å². The molecular formula is C18H15N5O4S. The van der Waals surface area contributed by atoms with Crippen LogP contribution in [0.1, 0.15) is 16.6 Å². The Balaban J connectivity index is 1.79. The van der Waals surface area contributed by atoms with Crippen molar-refractivity contribution in [1.29, 1.82) is 0 Å². The third kappa shape index (κ3) is 3.14. The lowest BCUT2D eigenvalue weighted by molar-refractivity contribution is 0.0606. The summed E-state index contributed by atoms with van der Waals surface area (Å²) < 4.78 is 10.5. The maximum Gasteiger partial charge on any atom is 0.348 e. The predicted octanol–water partition coefficient (Wildman–Crippen LogP) is 2.62. The summed E-state index contributed by atoms with van der Waals surface area (Å²) in [5, 5.41) is 10.1. The maximum atomic E-state index is 12.2. The van der Waals surface area contributed by atoms with E-state index in [0.29, 0.717) is 28.6 Å². The molecule has 0 radical (unpaired) electrons. The summed E-state index contributed by atoms with van der Waals surface area (Å²) in [5.41, 5.74) is 1.48. The third-order valence-electron chi connectivity index (χ3n) is 4.01. The Morgan fingerprint density at radius 3 is 2.86 bits per heavy atom. The van der Waals surface area contributed by atoms with E-state index in [1.54, 1.807) is 6.07 Å². The summed E-state index contributed by atoms with van der Waals surface area (Å²) in [6, 6.07) is 9.10. The maximum absolute atomic E-state index is 12.2. The summed E-state index contributed by atoms with van der Waals surface area (Å²) in [5.74, 6) is 0.516. The van der Waals surface area contributed by atoms with Crippen molar-refractivity contribution >= 4 is 28.5 Å². The van der Waals surface area contributed by atoms with Gasteiger partial charge in [-0.2, -0.15) is 5.21 Å². The smallest absolute Gasteiger partial charge is 0.348 e. The highest BCUT2D eigenvalue weighted by Crippen LogP contribution is 2.35. The SMILES string of the molecule is CCOc1cc(-c2ccc(C(=O)OC)s2)ccc1-c1nc2n[nH]nc2c(=O)[nH]1. The largest absolute Gasteiger partial charge is 0.493 e. The quantitative estimate of drug-likeness (QED) is 0.496. The molecule has 0 unspecified atom stereocenters. The van der Waals surface area contributed by atoms with Gasteiger partial charge < -0.3 is 14.5 Å². The number of methoxy groups -OCH3 is 1. The van der Waals surface area contributed by atoms with Crippen molar-refractivity contribution in [2.45, 2.75) is 6.92 Å². The molecular weight excluding hydrogens is 382 g/mol. The summed E-state index contributed by atoms with van der Waals surface area (Å²) in [4.78, 5) is 32.3. The molecule has 0 fully saturated rings. The van der Waals surface area contributed by atoms with Gasteiger partial charge in [0.25, 0.3) is 5.56 Å². The number of rotatable bonds is 5. The predicted molar refractivity (Wildman–Crippen MR) is 104 cm³/mol. The molecule has 142 valence electrons. The number of hydrogen-bond acceptors (Lipinski definition) is 8. The van der Waals surface area contributed by atoms with Crippen LogP contribution in [0.4, 0.5) is 0 Å². The minimum absolute atomic E-state index is 0.146. The average Bonchev–Trinajstić information content (AvgIpc) is 3.37. The van der Waals surface area contributed by atoms with Gasteiger partial charge in [0.05, 0.1) is 19.3 Å². The number of carbonyl (C=O) groups excluding carboxylic acids is 1. The van der Waals surface area contributed by atoms with Gasteiger partial charge in [0.1, 0.15) is 16.5 Å². The highest BCUT2D eigenvalue weighted by molar-refractivity contribution is 7.17. The monoisotopic (exact) mass is 397 g/mol. The first kappa shape index (κ1) is 17.9. The fraction of sp³-hybridized carbons (Fsp3) is 0.167. The highest BCUT2D eigenvalue weighted by Gasteiger charge is 2.16. The Hall–Kier alpha value is -3.53. The van der Waals surface area contributed by atoms with E-state index in [9.17, 15) is 9.59 Å². The molecule has 1 aromatic carbocycles. The van der Waals surface area contributed by atoms with E-state index in [1.165, 1.54) is 18.4 Å². The Kier molecular flexibility index (Phi) is 4.62. The minimum Gasteiger partial charge on any atom is -0.493 e. The van der Waals surface area contributed by atoms with E-state index in [-0.39, 0.29) is 22.7 Å². The number of carbonyl (C=O) groups is 1. The molecule has 0 aliphatic rings. The average molecular weight is 397 g/mol. The molecule has 0 spiro atoms. The lowest BCUT2D eigenvalue weighted by Crippen LogP contribution is -2.10. The van der Waals surface area contributed by atoms with Crippen molar-refractivity contribution in [3.63, 3.8) is 0 Å². The second kappa shape index (κ2) is 7.24. The fourth-order valence-corrected chi connectivity index (χ4v) is 3.65. The first-order valence-corrected chi connectivity index (χ1v) is 9.19. The summed E-state index contributed by atoms with van der Waals surface area (Å²) >= 11 is 1.33. The lowest BCUT2D eigenvalue weighted by Gasteiger charge is -2.11. The standard InChI is InChI=1S/C18H15N5O4S/c1-3-27-11-8-9(12-6-7-13(28-12)18(25)26-2)4-5-10(11)15-19-16-14(17(24)20-15)21-23-22-16/h4-8H,3H2,1-2H3,(H2,19,20,21,22,23,24). The number of esters is 1. The first-order valence-electron chi connectivity index (χ1n) is 8.37. The van der Waals surface area contributed by atoms with Gasteiger partial charge in [0.2, 0.25) is 5.65 Å². The number of aromatic amines is 2. The molecule has 0 amide bonds. The van der Waals surface area contributed by atoms with Crippen LogP contribution in [-0.2, 0) is 4.74 Å². The second-order valence-electron chi connectivity index (χ2n) is 5.71. The molecule has 0 saturated heterocycles. The molecule has 3 heterocycles. The fourth-order valence-electron chi connectivity index (χ4n) is 2.73. The van der Waals surface area contributed by atoms with E-state index in [0.717, 1.165) is 10.4 Å². The Morgan fingerprint density at radius 2 is 2.07 bits per heavy atom. The highest BCUT2D eigenvalue weighted by atomic mass is 32.1. The number of benzene rings is 1. The summed E-state index contributed by atoms with van der Waals surface area (Å²) in [6.07, 6.45) is 0. The van der Waals surface area contributed by atoms with E-state index in [2.05, 4.69) is 25.4 Å². The molecule has 0 bridgehead atoms. The zero-order valence-corrected chi connectivity index (χ0v) is 15.8. The molecule has 4 rings (SSSR count). The van der Waals surface area contributed by atoms with E-state index in [1.807, 2.05) is 31.2 Å². The molecule has 2 N–H and O–H groups in total. The van der Waals surface area contributed by atoms with E-state index >= 15 is 0 Å². The zero-order valence-electron chi connectivity index (χ0n) is 15.0. The molecule has 0 saturated carbocycles. The number of aromatic nitrogens is 5. The Bertz CT molecular complexity index is 1230. The van der Waals surface area contributed by atoms with Gasteiger partial charge in [-0.05, 0) is 36.8 Å². The van der Waals surface area contributed by atoms with Crippen molar-refractivity contribution in [3.8, 4) is 27.6 Å². The van der Waals surface area contributed by atoms with Crippen molar-refractivity contribution in [2.24, 2.45) is 0 Å². The van der Waals surface area contributed by atoms with Crippen LogP contribution in [-0.4, -0.2) is 45.1 Å². The van der Waals surface area contributed by atoms with Crippen molar-refractivity contribution in [1.82, 2.24) is 25.4 Å². The summed E-state index contributed by atoms with van der Waals surface area (Å²) in [7, 11) is 1.35. The van der Waals surface area contributed by atoms with Crippen LogP contribution in [0.15, 0.2) is 35.1 Å². The van der Waals surface area contributed by atoms with Crippen LogP contribution in [0.5, 0.6) is 5.75 Å². The molecule has 10 heteroatoms. The first-order chi connectivity index (χ1) is 13.6. The number of thiophene rings is 1. The van der Waals surface area contributed by atoms with Gasteiger partial charge in [0.15, 0.2) is 5.52 Å². The molecule has 0 aliphatic carbocycles. The van der Waals surface area contributed by atoms with E-state index in [4.69, 9.17) is 9.47 Å². The van der Waals surface area contributed by atoms with Crippen LogP contribution >= 0.6 is 11.3 Å². The van der Waals surface area contributed by atoms with Gasteiger partial charge >= 0.3 is 5.97 Å². The number of ether oxygens (including phenoxy) is 2. The van der Waals surface area contributed by atoms with Crippen LogP contribution in [0.25, 0.3) is 33.0 Å². The number of fused-ring (bicyclic) bond motifs is 1. The van der Waals surface area contributed by atoms with Crippen LogP contribution in [0.2, 0.25) is 0 Å². The van der Waals surface area contributed by atoms with Crippen LogP contribution < -0.4 is 10.3 Å². The number of nitrogens with zero attached hydrogens (tertiary/aromatic N) is 3. The van der Waals surface area contributed by atoms with Gasteiger partial charge in [-0.1, -0.05) is 6.07 Å². The van der Waals surface area contributed by atoms with Gasteiger partial charge in [-0.15, -0.1) is 21.5 Å². The molecule has 3 aromatic heterocycles.